The van der Waals surface area contributed by atoms with Gasteiger partial charge < -0.3 is 10.1 Å². The number of nitro groups is 1. The largest absolute Gasteiger partial charge is 0.482 e. The van der Waals surface area contributed by atoms with E-state index in [-0.39, 0.29) is 18.2 Å². The molecule has 2 heterocycles. The monoisotopic (exact) mass is 485 g/mol. The molecule has 1 amide bonds. The molecule has 0 bridgehead atoms. The van der Waals surface area contributed by atoms with Gasteiger partial charge in [-0.2, -0.15) is 5.10 Å². The van der Waals surface area contributed by atoms with Crippen molar-refractivity contribution in [3.8, 4) is 17.0 Å². The summed E-state index contributed by atoms with van der Waals surface area (Å²) in [6.07, 6.45) is 1.63. The van der Waals surface area contributed by atoms with E-state index in [0.717, 1.165) is 16.8 Å². The first kappa shape index (κ1) is 22.2. The van der Waals surface area contributed by atoms with Crippen molar-refractivity contribution in [1.82, 2.24) is 4.68 Å². The van der Waals surface area contributed by atoms with Gasteiger partial charge in [0.05, 0.1) is 29.1 Å². The summed E-state index contributed by atoms with van der Waals surface area (Å²) >= 11 is 1.44. The minimum Gasteiger partial charge on any atom is -0.482 e. The van der Waals surface area contributed by atoms with Crippen molar-refractivity contribution in [2.75, 3.05) is 11.9 Å². The molecule has 0 atom stereocenters. The molecule has 10 heteroatoms. The maximum Gasteiger partial charge on any atom is 0.269 e. The van der Waals surface area contributed by atoms with Crippen LogP contribution >= 0.6 is 11.3 Å². The minimum atomic E-state index is -0.439. The van der Waals surface area contributed by atoms with Gasteiger partial charge in [0.1, 0.15) is 5.75 Å². The van der Waals surface area contributed by atoms with E-state index in [1.165, 1.54) is 23.5 Å². The third-order valence-electron chi connectivity index (χ3n) is 5.26. The Kier molecular flexibility index (Phi) is 6.18. The molecule has 1 aromatic heterocycles. The first-order valence-corrected chi connectivity index (χ1v) is 11.6. The van der Waals surface area contributed by atoms with Crippen molar-refractivity contribution in [2.45, 2.75) is 6.54 Å². The van der Waals surface area contributed by atoms with E-state index in [9.17, 15) is 14.9 Å². The van der Waals surface area contributed by atoms with E-state index in [2.05, 4.69) is 10.4 Å². The van der Waals surface area contributed by atoms with E-state index < -0.39 is 4.92 Å². The summed E-state index contributed by atoms with van der Waals surface area (Å²) in [7, 11) is 0. The number of nitrogens with zero attached hydrogens (tertiary/aromatic N) is 4. The summed E-state index contributed by atoms with van der Waals surface area (Å²) in [5.74, 6) is 0.404. The number of carbonyl (C=O) groups is 1. The number of nitro benzene ring substituents is 1. The Labute approximate surface area is 203 Å². The zero-order chi connectivity index (χ0) is 24.2. The Morgan fingerprint density at radius 1 is 1.11 bits per heavy atom. The number of anilines is 1. The van der Waals surface area contributed by atoms with Gasteiger partial charge >= 0.3 is 0 Å². The average molecular weight is 486 g/mol. The molecule has 5 rings (SSSR count). The molecule has 1 aliphatic heterocycles. The molecule has 3 aromatic carbocycles. The second-order valence-electron chi connectivity index (χ2n) is 7.66. The number of rotatable bonds is 6. The smallest absolute Gasteiger partial charge is 0.269 e. The second-order valence-corrected chi connectivity index (χ2v) is 8.49. The second kappa shape index (κ2) is 9.74. The Bertz CT molecular complexity index is 1490. The van der Waals surface area contributed by atoms with Crippen molar-refractivity contribution in [3.05, 3.63) is 104 Å². The summed E-state index contributed by atoms with van der Waals surface area (Å²) in [5, 5.41) is 20.4. The van der Waals surface area contributed by atoms with Crippen LogP contribution < -0.4 is 14.9 Å². The topological polar surface area (TPSA) is 111 Å². The molecular formula is C25H19N5O4S. The van der Waals surface area contributed by atoms with Crippen LogP contribution in [-0.4, -0.2) is 28.3 Å². The third-order valence-corrected chi connectivity index (χ3v) is 6.11. The number of benzene rings is 3. The van der Waals surface area contributed by atoms with Gasteiger partial charge in [0.25, 0.3) is 11.6 Å². The molecule has 0 saturated carbocycles. The quantitative estimate of drug-likeness (QED) is 0.247. The number of ether oxygens (including phenoxy) is 1. The molecule has 0 fully saturated rings. The SMILES string of the molecule is O=C1COc2ccc(-c3csc(=NCc4ccccc4)n3N=Cc3ccc([N+](=O)[O-])cc3)cc2N1. The molecule has 0 saturated heterocycles. The lowest BCUT2D eigenvalue weighted by Gasteiger charge is -2.18. The van der Waals surface area contributed by atoms with E-state index >= 15 is 0 Å². The molecule has 4 aromatic rings. The number of hydrogen-bond acceptors (Lipinski definition) is 7. The molecule has 9 nitrogen and oxygen atoms in total. The van der Waals surface area contributed by atoms with E-state index in [4.69, 9.17) is 9.73 Å². The predicted octanol–water partition coefficient (Wildman–Crippen LogP) is 4.44. The van der Waals surface area contributed by atoms with Crippen molar-refractivity contribution < 1.29 is 14.5 Å². The molecule has 1 N–H and O–H groups in total. The van der Waals surface area contributed by atoms with Crippen LogP contribution in [0.25, 0.3) is 11.3 Å². The van der Waals surface area contributed by atoms with Gasteiger partial charge in [-0.3, -0.25) is 19.9 Å². The maximum atomic E-state index is 11.8. The summed E-state index contributed by atoms with van der Waals surface area (Å²) in [6.45, 7) is 0.481. The number of nitrogens with one attached hydrogen (secondary N) is 1. The van der Waals surface area contributed by atoms with Crippen LogP contribution in [0, 0.1) is 10.1 Å². The third kappa shape index (κ3) is 5.02. The maximum absolute atomic E-state index is 11.8. The van der Waals surface area contributed by atoms with Crippen LogP contribution in [-0.2, 0) is 11.3 Å². The van der Waals surface area contributed by atoms with Gasteiger partial charge in [0, 0.05) is 23.1 Å². The number of amides is 1. The zero-order valence-corrected chi connectivity index (χ0v) is 19.1. The van der Waals surface area contributed by atoms with E-state index in [0.29, 0.717) is 28.3 Å². The van der Waals surface area contributed by atoms with Crippen molar-refractivity contribution in [2.24, 2.45) is 10.1 Å². The van der Waals surface area contributed by atoms with Gasteiger partial charge in [-0.25, -0.2) is 4.68 Å². The number of thiazole rings is 1. The number of carbonyl (C=O) groups excluding carboxylic acids is 1. The highest BCUT2D eigenvalue weighted by molar-refractivity contribution is 7.07. The highest BCUT2D eigenvalue weighted by Crippen LogP contribution is 2.33. The lowest BCUT2D eigenvalue weighted by molar-refractivity contribution is -0.384. The van der Waals surface area contributed by atoms with Gasteiger partial charge in [-0.1, -0.05) is 30.3 Å². The summed E-state index contributed by atoms with van der Waals surface area (Å²) in [5.41, 5.74) is 4.00. The fourth-order valence-corrected chi connectivity index (χ4v) is 4.35. The lowest BCUT2D eigenvalue weighted by atomic mass is 10.1. The Morgan fingerprint density at radius 2 is 1.91 bits per heavy atom. The van der Waals surface area contributed by atoms with Crippen LogP contribution in [0.5, 0.6) is 5.75 Å². The Hall–Kier alpha value is -4.57. The fraction of sp³-hybridized carbons (Fsp3) is 0.0800. The Morgan fingerprint density at radius 3 is 2.69 bits per heavy atom. The molecule has 1 aliphatic rings. The van der Waals surface area contributed by atoms with Crippen LogP contribution in [0.4, 0.5) is 11.4 Å². The van der Waals surface area contributed by atoms with E-state index in [1.807, 2.05) is 53.9 Å². The van der Waals surface area contributed by atoms with Crippen LogP contribution in [0.15, 0.2) is 88.3 Å². The highest BCUT2D eigenvalue weighted by atomic mass is 32.1. The first-order valence-electron chi connectivity index (χ1n) is 10.7. The van der Waals surface area contributed by atoms with Crippen LogP contribution in [0.2, 0.25) is 0 Å². The van der Waals surface area contributed by atoms with Gasteiger partial charge in [0.2, 0.25) is 4.80 Å². The standard InChI is InChI=1S/C25H19N5O4S/c31-24-15-34-23-11-8-19(12-21(23)28-24)22-16-35-25(26-13-17-4-2-1-3-5-17)29(22)27-14-18-6-9-20(10-7-18)30(32)33/h1-12,14,16H,13,15H2,(H,28,31). The molecule has 0 radical (unpaired) electrons. The molecule has 35 heavy (non-hydrogen) atoms. The van der Waals surface area contributed by atoms with Gasteiger partial charge in [-0.05, 0) is 41.5 Å². The first-order chi connectivity index (χ1) is 17.1. The van der Waals surface area contributed by atoms with Crippen LogP contribution in [0.1, 0.15) is 11.1 Å². The normalized spacial score (nSPS) is 13.4. The average Bonchev–Trinajstić information content (AvgIpc) is 3.29. The minimum absolute atomic E-state index is 0.00710. The molecule has 0 spiro atoms. The number of hydrogen-bond donors (Lipinski definition) is 1. The Balaban J connectivity index is 1.54. The number of fused-ring (bicyclic) bond motifs is 1. The summed E-state index contributed by atoms with van der Waals surface area (Å²) < 4.78 is 7.19. The van der Waals surface area contributed by atoms with Gasteiger partial charge in [-0.15, -0.1) is 11.3 Å². The summed E-state index contributed by atoms with van der Waals surface area (Å²) in [6, 6.07) is 21.6. The molecule has 0 aliphatic carbocycles. The number of aromatic nitrogens is 1. The molecule has 174 valence electrons. The zero-order valence-electron chi connectivity index (χ0n) is 18.3. The molecular weight excluding hydrogens is 466 g/mol. The van der Waals surface area contributed by atoms with Crippen molar-refractivity contribution in [1.29, 1.82) is 0 Å². The fourth-order valence-electron chi connectivity index (χ4n) is 3.51. The van der Waals surface area contributed by atoms with Crippen LogP contribution in [0.3, 0.4) is 0 Å². The molecule has 0 unspecified atom stereocenters. The predicted molar refractivity (Wildman–Crippen MR) is 134 cm³/mol. The van der Waals surface area contributed by atoms with Crippen molar-refractivity contribution in [3.63, 3.8) is 0 Å². The lowest BCUT2D eigenvalue weighted by Crippen LogP contribution is -2.25. The summed E-state index contributed by atoms with van der Waals surface area (Å²) in [4.78, 5) is 27.7. The van der Waals surface area contributed by atoms with Gasteiger partial charge in [0.15, 0.2) is 6.61 Å². The highest BCUT2D eigenvalue weighted by Gasteiger charge is 2.18. The van der Waals surface area contributed by atoms with E-state index in [1.54, 1.807) is 23.0 Å². The number of non-ortho nitro benzene ring substituents is 1. The van der Waals surface area contributed by atoms with Crippen molar-refractivity contribution >= 4 is 34.8 Å².